The molecule has 3 aromatic rings. The van der Waals surface area contributed by atoms with Gasteiger partial charge in [-0.25, -0.2) is 9.78 Å². The van der Waals surface area contributed by atoms with E-state index in [9.17, 15) is 24.8 Å². The molecule has 136 valence electrons. The Bertz CT molecular complexity index is 1110. The van der Waals surface area contributed by atoms with Crippen molar-refractivity contribution in [3.63, 3.8) is 0 Å². The number of amides is 1. The number of nitrogens with one attached hydrogen (secondary N) is 1. The number of anilines is 1. The van der Waals surface area contributed by atoms with Crippen molar-refractivity contribution in [3.8, 4) is 11.3 Å². The standard InChI is InChI=1S/C19H15N3O5/c1-10-3-4-12(7-18(10)22(26)27)17-9-15(19(24)25)14-8-13(20-11(2)23)5-6-16(14)21-17/h3-9H,1-2H3,(H,20,23)(H,24,25). The summed E-state index contributed by atoms with van der Waals surface area (Å²) in [5.41, 5.74) is 2.05. The molecule has 0 atom stereocenters. The van der Waals surface area contributed by atoms with Gasteiger partial charge >= 0.3 is 5.97 Å². The molecule has 0 aliphatic heterocycles. The molecule has 2 aromatic carbocycles. The van der Waals surface area contributed by atoms with E-state index in [0.717, 1.165) is 0 Å². The number of nitro benzene ring substituents is 1. The lowest BCUT2D eigenvalue weighted by Crippen LogP contribution is -2.06. The third-order valence-electron chi connectivity index (χ3n) is 4.06. The highest BCUT2D eigenvalue weighted by molar-refractivity contribution is 6.05. The molecular formula is C19H15N3O5. The molecule has 8 nitrogen and oxygen atoms in total. The van der Waals surface area contributed by atoms with E-state index in [1.165, 1.54) is 25.1 Å². The number of hydrogen-bond acceptors (Lipinski definition) is 5. The number of aromatic nitrogens is 1. The SMILES string of the molecule is CC(=O)Nc1ccc2nc(-c3ccc(C)c([N+](=O)[O-])c3)cc(C(=O)O)c2c1. The number of carbonyl (C=O) groups excluding carboxylic acids is 1. The Morgan fingerprint density at radius 2 is 1.89 bits per heavy atom. The molecule has 0 aliphatic carbocycles. The van der Waals surface area contributed by atoms with Crippen molar-refractivity contribution in [3.05, 3.63) is 63.7 Å². The van der Waals surface area contributed by atoms with Crippen molar-refractivity contribution in [1.82, 2.24) is 4.98 Å². The van der Waals surface area contributed by atoms with Crippen LogP contribution in [0.25, 0.3) is 22.2 Å². The number of hydrogen-bond donors (Lipinski definition) is 2. The molecule has 0 saturated heterocycles. The Morgan fingerprint density at radius 3 is 2.52 bits per heavy atom. The van der Waals surface area contributed by atoms with E-state index < -0.39 is 10.9 Å². The maximum absolute atomic E-state index is 11.7. The van der Waals surface area contributed by atoms with Gasteiger partial charge in [-0.1, -0.05) is 12.1 Å². The van der Waals surface area contributed by atoms with Crippen molar-refractivity contribution >= 4 is 34.2 Å². The fourth-order valence-electron chi connectivity index (χ4n) is 2.80. The number of carboxylic acid groups (broad SMARTS) is 1. The topological polar surface area (TPSA) is 122 Å². The number of fused-ring (bicyclic) bond motifs is 1. The largest absolute Gasteiger partial charge is 0.478 e. The Kier molecular flexibility index (Phi) is 4.55. The van der Waals surface area contributed by atoms with Gasteiger partial charge in [-0.05, 0) is 31.2 Å². The van der Waals surface area contributed by atoms with Gasteiger partial charge in [0.05, 0.1) is 21.7 Å². The summed E-state index contributed by atoms with van der Waals surface area (Å²) in [4.78, 5) is 38.1. The van der Waals surface area contributed by atoms with Crippen LogP contribution in [0.2, 0.25) is 0 Å². The van der Waals surface area contributed by atoms with Crippen LogP contribution >= 0.6 is 0 Å². The van der Waals surface area contributed by atoms with Crippen molar-refractivity contribution in [2.75, 3.05) is 5.32 Å². The number of aromatic carboxylic acids is 1. The molecule has 1 amide bonds. The highest BCUT2D eigenvalue weighted by Gasteiger charge is 2.17. The number of carbonyl (C=O) groups is 2. The molecule has 1 aromatic heterocycles. The van der Waals surface area contributed by atoms with E-state index in [1.54, 1.807) is 31.2 Å². The summed E-state index contributed by atoms with van der Waals surface area (Å²) in [6, 6.07) is 10.8. The molecule has 0 aliphatic rings. The summed E-state index contributed by atoms with van der Waals surface area (Å²) < 4.78 is 0. The lowest BCUT2D eigenvalue weighted by Gasteiger charge is -2.10. The van der Waals surface area contributed by atoms with Crippen LogP contribution in [0.3, 0.4) is 0 Å². The fraction of sp³-hybridized carbons (Fsp3) is 0.105. The average Bonchev–Trinajstić information content (AvgIpc) is 2.60. The highest BCUT2D eigenvalue weighted by atomic mass is 16.6. The average molecular weight is 365 g/mol. The molecule has 0 spiro atoms. The molecule has 0 fully saturated rings. The zero-order valence-corrected chi connectivity index (χ0v) is 14.5. The second kappa shape index (κ2) is 6.83. The number of nitrogens with zero attached hydrogens (tertiary/aromatic N) is 2. The van der Waals surface area contributed by atoms with E-state index in [0.29, 0.717) is 33.4 Å². The fourth-order valence-corrected chi connectivity index (χ4v) is 2.80. The number of nitro groups is 1. The first-order valence-electron chi connectivity index (χ1n) is 7.97. The molecular weight excluding hydrogens is 350 g/mol. The van der Waals surface area contributed by atoms with Crippen LogP contribution < -0.4 is 5.32 Å². The van der Waals surface area contributed by atoms with Gasteiger partial charge < -0.3 is 10.4 Å². The van der Waals surface area contributed by atoms with Crippen LogP contribution in [-0.4, -0.2) is 26.9 Å². The smallest absolute Gasteiger partial charge is 0.336 e. The first-order valence-corrected chi connectivity index (χ1v) is 7.97. The normalized spacial score (nSPS) is 10.6. The first kappa shape index (κ1) is 18.0. The number of benzene rings is 2. The lowest BCUT2D eigenvalue weighted by molar-refractivity contribution is -0.385. The molecule has 27 heavy (non-hydrogen) atoms. The van der Waals surface area contributed by atoms with Gasteiger partial charge in [0.15, 0.2) is 0 Å². The second-order valence-electron chi connectivity index (χ2n) is 6.03. The van der Waals surface area contributed by atoms with E-state index in [-0.39, 0.29) is 17.2 Å². The number of aryl methyl sites for hydroxylation is 1. The number of carboxylic acids is 1. The highest BCUT2D eigenvalue weighted by Crippen LogP contribution is 2.30. The van der Waals surface area contributed by atoms with Crippen LogP contribution in [-0.2, 0) is 4.79 Å². The van der Waals surface area contributed by atoms with Crippen molar-refractivity contribution in [2.45, 2.75) is 13.8 Å². The van der Waals surface area contributed by atoms with Crippen molar-refractivity contribution in [2.24, 2.45) is 0 Å². The van der Waals surface area contributed by atoms with Crippen LogP contribution in [0.1, 0.15) is 22.8 Å². The van der Waals surface area contributed by atoms with Crippen molar-refractivity contribution in [1.29, 1.82) is 0 Å². The van der Waals surface area contributed by atoms with E-state index in [2.05, 4.69) is 10.3 Å². The molecule has 0 bridgehead atoms. The molecule has 0 radical (unpaired) electrons. The van der Waals surface area contributed by atoms with Gasteiger partial charge in [-0.2, -0.15) is 0 Å². The predicted octanol–water partition coefficient (Wildman–Crippen LogP) is 3.78. The minimum Gasteiger partial charge on any atom is -0.478 e. The minimum absolute atomic E-state index is 0.00886. The Hall–Kier alpha value is -3.81. The number of rotatable bonds is 4. The summed E-state index contributed by atoms with van der Waals surface area (Å²) in [5, 5.41) is 23.7. The van der Waals surface area contributed by atoms with Crippen LogP contribution in [0.15, 0.2) is 42.5 Å². The second-order valence-corrected chi connectivity index (χ2v) is 6.03. The molecule has 1 heterocycles. The lowest BCUT2D eigenvalue weighted by atomic mass is 10.0. The zero-order chi connectivity index (χ0) is 19.7. The molecule has 0 saturated carbocycles. The van der Waals surface area contributed by atoms with E-state index >= 15 is 0 Å². The Morgan fingerprint density at radius 1 is 1.15 bits per heavy atom. The summed E-state index contributed by atoms with van der Waals surface area (Å²) in [5.74, 6) is -1.44. The molecule has 8 heteroatoms. The first-order chi connectivity index (χ1) is 12.8. The van der Waals surface area contributed by atoms with Crippen LogP contribution in [0.4, 0.5) is 11.4 Å². The zero-order valence-electron chi connectivity index (χ0n) is 14.5. The third-order valence-corrected chi connectivity index (χ3v) is 4.06. The summed E-state index contributed by atoms with van der Waals surface area (Å²) in [6.07, 6.45) is 0. The third kappa shape index (κ3) is 3.59. The quantitative estimate of drug-likeness (QED) is 0.536. The van der Waals surface area contributed by atoms with Gasteiger partial charge in [-0.15, -0.1) is 0 Å². The van der Waals surface area contributed by atoms with Crippen LogP contribution in [0.5, 0.6) is 0 Å². The maximum atomic E-state index is 11.7. The minimum atomic E-state index is -1.16. The van der Waals surface area contributed by atoms with E-state index in [1.807, 2.05) is 0 Å². The monoisotopic (exact) mass is 365 g/mol. The van der Waals surface area contributed by atoms with Gasteiger partial charge in [0.2, 0.25) is 5.91 Å². The summed E-state index contributed by atoms with van der Waals surface area (Å²) in [7, 11) is 0. The summed E-state index contributed by atoms with van der Waals surface area (Å²) in [6.45, 7) is 2.98. The molecule has 2 N–H and O–H groups in total. The van der Waals surface area contributed by atoms with Crippen LogP contribution in [0, 0.1) is 17.0 Å². The maximum Gasteiger partial charge on any atom is 0.336 e. The Balaban J connectivity index is 2.21. The van der Waals surface area contributed by atoms with E-state index in [4.69, 9.17) is 0 Å². The van der Waals surface area contributed by atoms with Gasteiger partial charge in [0.1, 0.15) is 0 Å². The summed E-state index contributed by atoms with van der Waals surface area (Å²) >= 11 is 0. The predicted molar refractivity (Wildman–Crippen MR) is 99.8 cm³/mol. The van der Waals surface area contributed by atoms with Crippen molar-refractivity contribution < 1.29 is 19.6 Å². The molecule has 3 rings (SSSR count). The van der Waals surface area contributed by atoms with Gasteiger partial charge in [-0.3, -0.25) is 14.9 Å². The molecule has 0 unspecified atom stereocenters. The Labute approximate surface area is 153 Å². The van der Waals surface area contributed by atoms with Gasteiger partial charge in [0.25, 0.3) is 5.69 Å². The number of pyridine rings is 1. The van der Waals surface area contributed by atoms with Gasteiger partial charge in [0, 0.05) is 35.2 Å².